The van der Waals surface area contributed by atoms with E-state index in [4.69, 9.17) is 19.6 Å². The number of benzene rings is 1. The van der Waals surface area contributed by atoms with Gasteiger partial charge in [0, 0.05) is 43.8 Å². The van der Waals surface area contributed by atoms with Gasteiger partial charge in [0.15, 0.2) is 17.3 Å². The highest BCUT2D eigenvalue weighted by atomic mass is 16.6. The molecular formula is C20H23N5O2. The van der Waals surface area contributed by atoms with Gasteiger partial charge in [0.05, 0.1) is 5.69 Å². The zero-order valence-corrected chi connectivity index (χ0v) is 15.5. The maximum absolute atomic E-state index is 5.74. The van der Waals surface area contributed by atoms with Crippen LogP contribution in [0.3, 0.4) is 0 Å². The highest BCUT2D eigenvalue weighted by Crippen LogP contribution is 2.39. The van der Waals surface area contributed by atoms with E-state index in [-0.39, 0.29) is 0 Å². The highest BCUT2D eigenvalue weighted by molar-refractivity contribution is 5.49. The Bertz CT molecular complexity index is 957. The zero-order chi connectivity index (χ0) is 18.2. The summed E-state index contributed by atoms with van der Waals surface area (Å²) in [4.78, 5) is 9.27. The fourth-order valence-electron chi connectivity index (χ4n) is 3.49. The van der Waals surface area contributed by atoms with Crippen LogP contribution in [0.4, 0.5) is 0 Å². The van der Waals surface area contributed by atoms with Gasteiger partial charge in [-0.05, 0) is 25.0 Å². The maximum Gasteiger partial charge on any atom is 0.163 e. The quantitative estimate of drug-likeness (QED) is 0.672. The summed E-state index contributed by atoms with van der Waals surface area (Å²) in [7, 11) is 0. The summed E-state index contributed by atoms with van der Waals surface area (Å²) in [6.07, 6.45) is 8.00. The molecule has 5 rings (SSSR count). The maximum atomic E-state index is 5.74. The fraction of sp³-hybridized carbons (Fsp3) is 0.450. The van der Waals surface area contributed by atoms with Crippen LogP contribution in [-0.4, -0.2) is 37.5 Å². The Kier molecular flexibility index (Phi) is 4.07. The Morgan fingerprint density at radius 1 is 1.11 bits per heavy atom. The van der Waals surface area contributed by atoms with Crippen LogP contribution in [0.1, 0.15) is 43.2 Å². The Morgan fingerprint density at radius 2 is 1.96 bits per heavy atom. The lowest BCUT2D eigenvalue weighted by molar-refractivity contribution is 0.171. The minimum absolute atomic E-state index is 0.515. The molecule has 7 nitrogen and oxygen atoms in total. The molecule has 2 aromatic heterocycles. The molecule has 0 unspecified atom stereocenters. The first-order valence-corrected chi connectivity index (χ1v) is 9.67. The number of imidazole rings is 1. The van der Waals surface area contributed by atoms with E-state index in [0.717, 1.165) is 54.0 Å². The van der Waals surface area contributed by atoms with Crippen LogP contribution in [0.25, 0.3) is 5.69 Å². The van der Waals surface area contributed by atoms with Crippen molar-refractivity contribution < 1.29 is 9.47 Å². The third-order valence-electron chi connectivity index (χ3n) is 5.10. The first-order valence-electron chi connectivity index (χ1n) is 9.67. The van der Waals surface area contributed by atoms with E-state index < -0.39 is 0 Å². The van der Waals surface area contributed by atoms with Crippen molar-refractivity contribution in [2.75, 3.05) is 13.2 Å². The summed E-state index contributed by atoms with van der Waals surface area (Å²) >= 11 is 0. The zero-order valence-electron chi connectivity index (χ0n) is 15.5. The van der Waals surface area contributed by atoms with E-state index >= 15 is 0 Å². The van der Waals surface area contributed by atoms with Crippen molar-refractivity contribution in [2.24, 2.45) is 0 Å². The van der Waals surface area contributed by atoms with Gasteiger partial charge < -0.3 is 14.0 Å². The molecule has 2 aliphatic rings. The van der Waals surface area contributed by atoms with E-state index in [9.17, 15) is 0 Å². The molecule has 140 valence electrons. The summed E-state index contributed by atoms with van der Waals surface area (Å²) < 4.78 is 15.5. The molecule has 0 bridgehead atoms. The fourth-order valence-corrected chi connectivity index (χ4v) is 3.49. The second kappa shape index (κ2) is 6.72. The van der Waals surface area contributed by atoms with Gasteiger partial charge in [-0.15, -0.1) is 0 Å². The molecule has 0 radical (unpaired) electrons. The summed E-state index contributed by atoms with van der Waals surface area (Å²) in [5.74, 6) is 5.12. The monoisotopic (exact) mass is 365 g/mol. The summed E-state index contributed by atoms with van der Waals surface area (Å²) in [6, 6.07) is 5.98. The van der Waals surface area contributed by atoms with Crippen LogP contribution in [-0.2, 0) is 19.4 Å². The molecule has 27 heavy (non-hydrogen) atoms. The predicted octanol–water partition coefficient (Wildman–Crippen LogP) is 2.92. The van der Waals surface area contributed by atoms with Crippen molar-refractivity contribution in [1.82, 2.24) is 24.3 Å². The number of hydrogen-bond acceptors (Lipinski definition) is 5. The highest BCUT2D eigenvalue weighted by Gasteiger charge is 2.29. The number of nitrogens with zero attached hydrogens (tertiary/aromatic N) is 5. The SMILES string of the molecule is CCc1nccn1CCc1nc(C2CC2)nn1-c1ccc2c(c1)OCCO2. The van der Waals surface area contributed by atoms with Crippen LogP contribution >= 0.6 is 0 Å². The van der Waals surface area contributed by atoms with Gasteiger partial charge in [0.2, 0.25) is 0 Å². The second-order valence-corrected chi connectivity index (χ2v) is 7.04. The van der Waals surface area contributed by atoms with E-state index in [1.165, 1.54) is 12.8 Å². The lowest BCUT2D eigenvalue weighted by Gasteiger charge is -2.19. The van der Waals surface area contributed by atoms with Gasteiger partial charge >= 0.3 is 0 Å². The standard InChI is InChI=1S/C20H23N5O2/c1-2-18-21-8-10-24(18)9-7-19-22-20(14-3-4-14)23-25(19)15-5-6-16-17(13-15)27-12-11-26-16/h5-6,8,10,13-14H,2-4,7,9,11-12H2,1H3. The second-order valence-electron chi connectivity index (χ2n) is 7.04. The molecule has 0 spiro atoms. The molecule has 7 heteroatoms. The molecule has 0 N–H and O–H groups in total. The van der Waals surface area contributed by atoms with Crippen LogP contribution in [0.15, 0.2) is 30.6 Å². The van der Waals surface area contributed by atoms with E-state index in [1.807, 2.05) is 35.3 Å². The Morgan fingerprint density at radius 3 is 2.78 bits per heavy atom. The number of aromatic nitrogens is 5. The van der Waals surface area contributed by atoms with Crippen molar-refractivity contribution in [3.8, 4) is 17.2 Å². The lowest BCUT2D eigenvalue weighted by atomic mass is 10.2. The molecule has 0 atom stereocenters. The number of rotatable bonds is 6. The van der Waals surface area contributed by atoms with Gasteiger partial charge in [-0.3, -0.25) is 0 Å². The van der Waals surface area contributed by atoms with Crippen molar-refractivity contribution >= 4 is 0 Å². The molecule has 1 aromatic carbocycles. The molecule has 3 aromatic rings. The number of ether oxygens (including phenoxy) is 2. The molecule has 1 saturated carbocycles. The smallest absolute Gasteiger partial charge is 0.163 e. The summed E-state index contributed by atoms with van der Waals surface area (Å²) in [5.41, 5.74) is 0.968. The third kappa shape index (κ3) is 3.18. The lowest BCUT2D eigenvalue weighted by Crippen LogP contribution is -2.16. The van der Waals surface area contributed by atoms with Crippen LogP contribution in [0, 0.1) is 0 Å². The molecule has 0 amide bonds. The molecule has 1 aliphatic heterocycles. The van der Waals surface area contributed by atoms with Crippen molar-refractivity contribution in [1.29, 1.82) is 0 Å². The summed E-state index contributed by atoms with van der Waals surface area (Å²) in [5, 5.41) is 4.82. The van der Waals surface area contributed by atoms with E-state index in [1.54, 1.807) is 0 Å². The van der Waals surface area contributed by atoms with Crippen LogP contribution in [0.2, 0.25) is 0 Å². The van der Waals surface area contributed by atoms with Crippen molar-refractivity contribution in [2.45, 2.75) is 45.1 Å². The van der Waals surface area contributed by atoms with Gasteiger partial charge in [0.25, 0.3) is 0 Å². The minimum atomic E-state index is 0.515. The average molecular weight is 365 g/mol. The molecule has 1 fully saturated rings. The first kappa shape index (κ1) is 16.4. The molecule has 1 aliphatic carbocycles. The Balaban J connectivity index is 1.46. The predicted molar refractivity (Wildman–Crippen MR) is 99.6 cm³/mol. The van der Waals surface area contributed by atoms with Gasteiger partial charge in [-0.25, -0.2) is 14.6 Å². The normalized spacial score (nSPS) is 15.9. The van der Waals surface area contributed by atoms with E-state index in [2.05, 4.69) is 16.5 Å². The van der Waals surface area contributed by atoms with Crippen molar-refractivity contribution in [3.05, 3.63) is 48.1 Å². The van der Waals surface area contributed by atoms with E-state index in [0.29, 0.717) is 19.1 Å². The van der Waals surface area contributed by atoms with Crippen LogP contribution in [0.5, 0.6) is 11.5 Å². The first-order chi connectivity index (χ1) is 13.3. The summed E-state index contributed by atoms with van der Waals surface area (Å²) in [6.45, 7) is 4.14. The molecular weight excluding hydrogens is 342 g/mol. The van der Waals surface area contributed by atoms with Crippen LogP contribution < -0.4 is 9.47 Å². The topological polar surface area (TPSA) is 67.0 Å². The Hall–Kier alpha value is -2.83. The number of aryl methyl sites for hydroxylation is 3. The Labute approximate surface area is 158 Å². The molecule has 3 heterocycles. The number of fused-ring (bicyclic) bond motifs is 1. The average Bonchev–Trinajstić information content (AvgIpc) is 3.31. The third-order valence-corrected chi connectivity index (χ3v) is 5.10. The van der Waals surface area contributed by atoms with Gasteiger partial charge in [0.1, 0.15) is 24.9 Å². The molecule has 0 saturated heterocycles. The largest absolute Gasteiger partial charge is 0.486 e. The number of hydrogen-bond donors (Lipinski definition) is 0. The van der Waals surface area contributed by atoms with Crippen molar-refractivity contribution in [3.63, 3.8) is 0 Å². The van der Waals surface area contributed by atoms with Gasteiger partial charge in [-0.2, -0.15) is 5.10 Å². The van der Waals surface area contributed by atoms with Gasteiger partial charge in [-0.1, -0.05) is 6.92 Å². The minimum Gasteiger partial charge on any atom is -0.486 e.